The van der Waals surface area contributed by atoms with Gasteiger partial charge in [-0.2, -0.15) is 0 Å². The van der Waals surface area contributed by atoms with Crippen LogP contribution in [-0.4, -0.2) is 50.0 Å². The van der Waals surface area contributed by atoms with Crippen molar-refractivity contribution >= 4 is 5.91 Å². The first-order valence-corrected chi connectivity index (χ1v) is 8.87. The van der Waals surface area contributed by atoms with E-state index < -0.39 is 0 Å². The van der Waals surface area contributed by atoms with Gasteiger partial charge < -0.3 is 19.1 Å². The molecule has 1 aromatic carbocycles. The maximum atomic E-state index is 12.4. The van der Waals surface area contributed by atoms with Crippen molar-refractivity contribution in [1.82, 2.24) is 4.90 Å². The summed E-state index contributed by atoms with van der Waals surface area (Å²) in [4.78, 5) is 14.2. The van der Waals surface area contributed by atoms with Crippen LogP contribution in [0.1, 0.15) is 38.2 Å². The van der Waals surface area contributed by atoms with Gasteiger partial charge in [-0.05, 0) is 36.5 Å². The molecule has 0 unspecified atom stereocenters. The largest absolute Gasteiger partial charge is 0.484 e. The third-order valence-electron chi connectivity index (χ3n) is 4.81. The third kappa shape index (κ3) is 4.28. The van der Waals surface area contributed by atoms with Crippen LogP contribution in [0.5, 0.6) is 5.75 Å². The zero-order valence-corrected chi connectivity index (χ0v) is 14.6. The zero-order chi connectivity index (χ0) is 16.9. The second-order valence-corrected chi connectivity index (χ2v) is 6.84. The Labute approximate surface area is 143 Å². The van der Waals surface area contributed by atoms with Gasteiger partial charge in [-0.1, -0.05) is 26.0 Å². The molecular formula is C19H27NO4. The second-order valence-electron chi connectivity index (χ2n) is 6.84. The number of likely N-dealkylation sites (tertiary alicyclic amines) is 1. The third-order valence-corrected chi connectivity index (χ3v) is 4.81. The average molecular weight is 333 g/mol. The lowest BCUT2D eigenvalue weighted by molar-refractivity contribution is -0.138. The molecule has 0 aliphatic carbocycles. The Morgan fingerprint density at radius 3 is 2.62 bits per heavy atom. The zero-order valence-electron chi connectivity index (χ0n) is 14.6. The second kappa shape index (κ2) is 7.99. The number of hydrogen-bond donors (Lipinski definition) is 0. The first-order valence-electron chi connectivity index (χ1n) is 8.87. The normalized spacial score (nSPS) is 19.9. The summed E-state index contributed by atoms with van der Waals surface area (Å²) in [6.07, 6.45) is 1.79. The maximum absolute atomic E-state index is 12.4. The number of rotatable bonds is 5. The van der Waals surface area contributed by atoms with Crippen molar-refractivity contribution in [2.45, 2.75) is 38.9 Å². The number of piperidine rings is 1. The molecule has 132 valence electrons. The van der Waals surface area contributed by atoms with Gasteiger partial charge in [-0.3, -0.25) is 4.79 Å². The van der Waals surface area contributed by atoms with Crippen molar-refractivity contribution in [2.24, 2.45) is 5.92 Å². The van der Waals surface area contributed by atoms with Crippen LogP contribution in [0.15, 0.2) is 24.3 Å². The Morgan fingerprint density at radius 1 is 1.25 bits per heavy atom. The number of nitrogens with zero attached hydrogens (tertiary/aromatic N) is 1. The molecule has 0 radical (unpaired) electrons. The highest BCUT2D eigenvalue weighted by Gasteiger charge is 2.31. The molecule has 0 aromatic heterocycles. The molecular weight excluding hydrogens is 306 g/mol. The molecule has 2 heterocycles. The van der Waals surface area contributed by atoms with E-state index in [1.54, 1.807) is 0 Å². The molecule has 1 amide bonds. The Morgan fingerprint density at radius 2 is 1.96 bits per heavy atom. The average Bonchev–Trinajstić information content (AvgIpc) is 3.14. The molecule has 2 aliphatic heterocycles. The number of ether oxygens (including phenoxy) is 3. The lowest BCUT2D eigenvalue weighted by atomic mass is 9.96. The van der Waals surface area contributed by atoms with Crippen LogP contribution in [0, 0.1) is 5.92 Å². The van der Waals surface area contributed by atoms with Crippen molar-refractivity contribution in [3.05, 3.63) is 29.8 Å². The summed E-state index contributed by atoms with van der Waals surface area (Å²) in [6, 6.07) is 7.97. The van der Waals surface area contributed by atoms with Crippen LogP contribution in [0.25, 0.3) is 0 Å². The van der Waals surface area contributed by atoms with Crippen LogP contribution < -0.4 is 4.74 Å². The summed E-state index contributed by atoms with van der Waals surface area (Å²) in [5, 5.41) is 0. The number of hydrogen-bond acceptors (Lipinski definition) is 4. The molecule has 2 fully saturated rings. The van der Waals surface area contributed by atoms with Crippen LogP contribution in [0.3, 0.4) is 0 Å². The molecule has 3 rings (SSSR count). The summed E-state index contributed by atoms with van der Waals surface area (Å²) in [7, 11) is 0. The Balaban J connectivity index is 1.45. The number of benzene rings is 1. The molecule has 24 heavy (non-hydrogen) atoms. The predicted octanol–water partition coefficient (Wildman–Crippen LogP) is 2.80. The number of amides is 1. The van der Waals surface area contributed by atoms with Gasteiger partial charge in [0.25, 0.3) is 5.91 Å². The molecule has 0 atom stereocenters. The van der Waals surface area contributed by atoms with Crippen molar-refractivity contribution in [1.29, 1.82) is 0 Å². The highest BCUT2D eigenvalue weighted by Crippen LogP contribution is 2.26. The van der Waals surface area contributed by atoms with Crippen molar-refractivity contribution in [2.75, 3.05) is 32.9 Å². The maximum Gasteiger partial charge on any atom is 0.260 e. The van der Waals surface area contributed by atoms with E-state index in [-0.39, 0.29) is 18.8 Å². The molecule has 0 bridgehead atoms. The summed E-state index contributed by atoms with van der Waals surface area (Å²) in [5.41, 5.74) is 1.22. The molecule has 0 N–H and O–H groups in total. The fourth-order valence-corrected chi connectivity index (χ4v) is 3.27. The monoisotopic (exact) mass is 333 g/mol. The van der Waals surface area contributed by atoms with Crippen LogP contribution in [0.4, 0.5) is 0 Å². The minimum Gasteiger partial charge on any atom is -0.484 e. The number of carbonyl (C=O) groups excluding carboxylic acids is 1. The fraction of sp³-hybridized carbons (Fsp3) is 0.632. The topological polar surface area (TPSA) is 48.0 Å². The van der Waals surface area contributed by atoms with Gasteiger partial charge in [-0.25, -0.2) is 0 Å². The SMILES string of the molecule is CC(C)c1cccc(OCC(=O)N2CCC(C3OCCO3)CC2)c1. The summed E-state index contributed by atoms with van der Waals surface area (Å²) in [5.74, 6) is 1.66. The molecule has 0 saturated carbocycles. The van der Waals surface area contributed by atoms with Crippen LogP contribution >= 0.6 is 0 Å². The van der Waals surface area contributed by atoms with E-state index in [1.165, 1.54) is 5.56 Å². The molecule has 0 spiro atoms. The highest BCUT2D eigenvalue weighted by molar-refractivity contribution is 5.77. The van der Waals surface area contributed by atoms with Gasteiger partial charge in [-0.15, -0.1) is 0 Å². The molecule has 1 aromatic rings. The molecule has 2 aliphatic rings. The Hall–Kier alpha value is -1.59. The van der Waals surface area contributed by atoms with Crippen molar-refractivity contribution in [3.63, 3.8) is 0 Å². The van der Waals surface area contributed by atoms with Crippen LogP contribution in [-0.2, 0) is 14.3 Å². The van der Waals surface area contributed by atoms with E-state index in [4.69, 9.17) is 14.2 Å². The van der Waals surface area contributed by atoms with Crippen molar-refractivity contribution < 1.29 is 19.0 Å². The number of carbonyl (C=O) groups is 1. The smallest absolute Gasteiger partial charge is 0.260 e. The molecule has 5 heteroatoms. The van der Waals surface area contributed by atoms with E-state index in [9.17, 15) is 4.79 Å². The quantitative estimate of drug-likeness (QED) is 0.831. The summed E-state index contributed by atoms with van der Waals surface area (Å²) in [6.45, 7) is 7.27. The van der Waals surface area contributed by atoms with Crippen molar-refractivity contribution in [3.8, 4) is 5.75 Å². The van der Waals surface area contributed by atoms with Gasteiger partial charge in [0.2, 0.25) is 0 Å². The van der Waals surface area contributed by atoms with E-state index in [0.717, 1.165) is 31.7 Å². The summed E-state index contributed by atoms with van der Waals surface area (Å²) >= 11 is 0. The van der Waals surface area contributed by atoms with Gasteiger partial charge in [0, 0.05) is 19.0 Å². The fourth-order valence-electron chi connectivity index (χ4n) is 3.27. The minimum absolute atomic E-state index is 0.0525. The summed E-state index contributed by atoms with van der Waals surface area (Å²) < 4.78 is 16.8. The highest BCUT2D eigenvalue weighted by atomic mass is 16.7. The Bertz CT molecular complexity index is 546. The predicted molar refractivity (Wildman–Crippen MR) is 91.0 cm³/mol. The van der Waals surface area contributed by atoms with Gasteiger partial charge in [0.15, 0.2) is 12.9 Å². The standard InChI is InChI=1S/C19H27NO4/c1-14(2)16-4-3-5-17(12-16)24-13-18(21)20-8-6-15(7-9-20)19-22-10-11-23-19/h3-5,12,14-15,19H,6-11,13H2,1-2H3. The van der Waals surface area contributed by atoms with Crippen LogP contribution in [0.2, 0.25) is 0 Å². The molecule has 2 saturated heterocycles. The Kier molecular flexibility index (Phi) is 5.74. The van der Waals surface area contributed by atoms with E-state index >= 15 is 0 Å². The van der Waals surface area contributed by atoms with Gasteiger partial charge in [0.05, 0.1) is 13.2 Å². The van der Waals surface area contributed by atoms with Gasteiger partial charge >= 0.3 is 0 Å². The minimum atomic E-state index is -0.0720. The van der Waals surface area contributed by atoms with E-state index in [2.05, 4.69) is 19.9 Å². The lowest BCUT2D eigenvalue weighted by Crippen LogP contribution is -2.43. The first kappa shape index (κ1) is 17.2. The van der Waals surface area contributed by atoms with E-state index in [1.807, 2.05) is 23.1 Å². The lowest BCUT2D eigenvalue weighted by Gasteiger charge is -2.33. The first-order chi connectivity index (χ1) is 11.6. The molecule has 5 nitrogen and oxygen atoms in total. The van der Waals surface area contributed by atoms with Gasteiger partial charge in [0.1, 0.15) is 5.75 Å². The van der Waals surface area contributed by atoms with E-state index in [0.29, 0.717) is 25.0 Å².